The number of thiazole rings is 1. The number of nitro benzene ring substituents is 1. The molecule has 0 aliphatic rings. The van der Waals surface area contributed by atoms with Crippen LogP contribution in [-0.2, 0) is 0 Å². The number of rotatable bonds is 5. The van der Waals surface area contributed by atoms with Crippen molar-refractivity contribution < 1.29 is 13.7 Å². The third kappa shape index (κ3) is 4.38. The Bertz CT molecular complexity index is 1350. The largest absolute Gasteiger partial charge is 0.457 e. The van der Waals surface area contributed by atoms with Crippen LogP contribution in [0, 0.1) is 27.3 Å². The molecule has 2 aromatic carbocycles. The van der Waals surface area contributed by atoms with E-state index in [1.807, 2.05) is 0 Å². The molecule has 31 heavy (non-hydrogen) atoms. The van der Waals surface area contributed by atoms with Crippen LogP contribution in [-0.4, -0.2) is 9.91 Å². The minimum absolute atomic E-state index is 0.118. The van der Waals surface area contributed by atoms with E-state index in [1.54, 1.807) is 35.7 Å². The molecule has 0 bridgehead atoms. The van der Waals surface area contributed by atoms with Crippen LogP contribution in [0.2, 0.25) is 5.02 Å². The fraction of sp³-hybridized carbons (Fsp3) is 0. The van der Waals surface area contributed by atoms with E-state index in [1.165, 1.54) is 41.7 Å². The number of nitro groups is 1. The number of allylic oxidation sites excluding steroid dienone is 1. The lowest BCUT2D eigenvalue weighted by Gasteiger charge is -2.00. The zero-order chi connectivity index (χ0) is 22.0. The van der Waals surface area contributed by atoms with Crippen molar-refractivity contribution in [2.45, 2.75) is 0 Å². The highest BCUT2D eigenvalue weighted by Gasteiger charge is 2.14. The third-order valence-corrected chi connectivity index (χ3v) is 5.53. The van der Waals surface area contributed by atoms with Crippen molar-refractivity contribution in [3.8, 4) is 28.7 Å². The SMILES string of the molecule is N#C/C(=C\c1ccc(-c2ccc([N+](=O)[O-])cc2Cl)o1)c1nc(-c2ccc(F)cc2)cs1. The van der Waals surface area contributed by atoms with Gasteiger partial charge in [-0.15, -0.1) is 11.3 Å². The molecule has 9 heteroatoms. The first kappa shape index (κ1) is 20.5. The van der Waals surface area contributed by atoms with Crippen LogP contribution in [0.25, 0.3) is 34.2 Å². The summed E-state index contributed by atoms with van der Waals surface area (Å²) >= 11 is 7.44. The van der Waals surface area contributed by atoms with Crippen LogP contribution in [0.4, 0.5) is 10.1 Å². The summed E-state index contributed by atoms with van der Waals surface area (Å²) in [5.41, 5.74) is 2.06. The van der Waals surface area contributed by atoms with Gasteiger partial charge in [-0.05, 0) is 42.5 Å². The van der Waals surface area contributed by atoms with Gasteiger partial charge in [-0.1, -0.05) is 11.6 Å². The molecule has 0 saturated carbocycles. The van der Waals surface area contributed by atoms with E-state index in [0.29, 0.717) is 33.4 Å². The molecule has 0 fully saturated rings. The highest BCUT2D eigenvalue weighted by atomic mass is 35.5. The van der Waals surface area contributed by atoms with E-state index >= 15 is 0 Å². The Labute approximate surface area is 184 Å². The molecule has 6 nitrogen and oxygen atoms in total. The van der Waals surface area contributed by atoms with Gasteiger partial charge in [0.15, 0.2) is 0 Å². The molecule has 0 amide bonds. The lowest BCUT2D eigenvalue weighted by atomic mass is 10.1. The first-order valence-electron chi connectivity index (χ1n) is 8.82. The fourth-order valence-corrected chi connectivity index (χ4v) is 3.89. The molecule has 0 saturated heterocycles. The Morgan fingerprint density at radius 2 is 2.00 bits per heavy atom. The number of furan rings is 1. The zero-order valence-corrected chi connectivity index (χ0v) is 17.2. The Morgan fingerprint density at radius 3 is 2.68 bits per heavy atom. The van der Waals surface area contributed by atoms with Crippen LogP contribution < -0.4 is 0 Å². The lowest BCUT2D eigenvalue weighted by Crippen LogP contribution is -1.88. The van der Waals surface area contributed by atoms with Crippen molar-refractivity contribution in [1.29, 1.82) is 5.26 Å². The summed E-state index contributed by atoms with van der Waals surface area (Å²) in [5.74, 6) is 0.479. The second-order valence-electron chi connectivity index (χ2n) is 6.34. The lowest BCUT2D eigenvalue weighted by molar-refractivity contribution is -0.384. The quantitative estimate of drug-likeness (QED) is 0.188. The average molecular weight is 452 g/mol. The van der Waals surface area contributed by atoms with Gasteiger partial charge >= 0.3 is 0 Å². The number of hydrogen-bond donors (Lipinski definition) is 0. The van der Waals surface area contributed by atoms with Crippen molar-refractivity contribution >= 4 is 40.3 Å². The molecule has 152 valence electrons. The Kier molecular flexibility index (Phi) is 5.62. The minimum atomic E-state index is -0.528. The standard InChI is InChI=1S/C22H11ClFN3O3S/c23-19-10-16(27(28)29)5-7-18(19)21-8-6-17(30-21)9-14(11-25)22-26-20(12-31-22)13-1-3-15(24)4-2-13/h1-10,12H/b14-9+. The van der Waals surface area contributed by atoms with E-state index in [9.17, 15) is 19.8 Å². The van der Waals surface area contributed by atoms with Gasteiger partial charge in [0, 0.05) is 34.7 Å². The first-order chi connectivity index (χ1) is 14.9. The number of hydrogen-bond acceptors (Lipinski definition) is 6. The van der Waals surface area contributed by atoms with Gasteiger partial charge in [-0.2, -0.15) is 5.26 Å². The van der Waals surface area contributed by atoms with E-state index < -0.39 is 4.92 Å². The maximum Gasteiger partial charge on any atom is 0.270 e. The average Bonchev–Trinajstić information content (AvgIpc) is 3.42. The van der Waals surface area contributed by atoms with Crippen molar-refractivity contribution in [1.82, 2.24) is 4.98 Å². The Hall–Kier alpha value is -3.80. The molecule has 0 aliphatic heterocycles. The molecule has 0 unspecified atom stereocenters. The number of aromatic nitrogens is 1. The van der Waals surface area contributed by atoms with Crippen molar-refractivity contribution in [3.05, 3.63) is 91.7 Å². The summed E-state index contributed by atoms with van der Waals surface area (Å²) in [7, 11) is 0. The van der Waals surface area contributed by atoms with E-state index in [0.717, 1.165) is 5.56 Å². The van der Waals surface area contributed by atoms with Crippen LogP contribution in [0.5, 0.6) is 0 Å². The Balaban J connectivity index is 1.62. The minimum Gasteiger partial charge on any atom is -0.457 e. The third-order valence-electron chi connectivity index (χ3n) is 4.34. The molecule has 0 spiro atoms. The van der Waals surface area contributed by atoms with Crippen LogP contribution in [0.15, 0.2) is 64.4 Å². The monoisotopic (exact) mass is 451 g/mol. The smallest absolute Gasteiger partial charge is 0.270 e. The van der Waals surface area contributed by atoms with Crippen molar-refractivity contribution in [2.75, 3.05) is 0 Å². The van der Waals surface area contributed by atoms with E-state index in [-0.39, 0.29) is 16.5 Å². The summed E-state index contributed by atoms with van der Waals surface area (Å²) in [6, 6.07) is 15.5. The van der Waals surface area contributed by atoms with Crippen molar-refractivity contribution in [3.63, 3.8) is 0 Å². The van der Waals surface area contributed by atoms with Gasteiger partial charge in [0.1, 0.15) is 28.4 Å². The van der Waals surface area contributed by atoms with Gasteiger partial charge in [-0.3, -0.25) is 10.1 Å². The molecular formula is C22H11ClFN3O3S. The van der Waals surface area contributed by atoms with E-state index in [4.69, 9.17) is 16.0 Å². The molecule has 0 atom stereocenters. The number of benzene rings is 2. The van der Waals surface area contributed by atoms with Crippen LogP contribution in [0.3, 0.4) is 0 Å². The highest BCUT2D eigenvalue weighted by molar-refractivity contribution is 7.11. The second-order valence-corrected chi connectivity index (χ2v) is 7.60. The van der Waals surface area contributed by atoms with Gasteiger partial charge in [0.25, 0.3) is 5.69 Å². The molecule has 0 aliphatic carbocycles. The summed E-state index contributed by atoms with van der Waals surface area (Å²) in [6.07, 6.45) is 1.55. The van der Waals surface area contributed by atoms with Crippen molar-refractivity contribution in [2.24, 2.45) is 0 Å². The van der Waals surface area contributed by atoms with Gasteiger partial charge < -0.3 is 4.42 Å². The molecule has 0 N–H and O–H groups in total. The van der Waals surface area contributed by atoms with Crippen LogP contribution in [0.1, 0.15) is 10.8 Å². The summed E-state index contributed by atoms with van der Waals surface area (Å²) < 4.78 is 18.9. The maximum atomic E-state index is 13.1. The number of halogens is 2. The summed E-state index contributed by atoms with van der Waals surface area (Å²) in [6.45, 7) is 0. The fourth-order valence-electron chi connectivity index (χ4n) is 2.83. The molecule has 2 aromatic heterocycles. The maximum absolute atomic E-state index is 13.1. The van der Waals surface area contributed by atoms with Gasteiger partial charge in [0.2, 0.25) is 0 Å². The molecule has 2 heterocycles. The second kappa shape index (κ2) is 8.52. The summed E-state index contributed by atoms with van der Waals surface area (Å²) in [4.78, 5) is 14.8. The predicted octanol–water partition coefficient (Wildman–Crippen LogP) is 6.83. The van der Waals surface area contributed by atoms with Crippen LogP contribution >= 0.6 is 22.9 Å². The van der Waals surface area contributed by atoms with Gasteiger partial charge in [0.05, 0.1) is 21.2 Å². The zero-order valence-electron chi connectivity index (χ0n) is 15.6. The number of nitriles is 1. The molecule has 4 aromatic rings. The molecular weight excluding hydrogens is 441 g/mol. The number of non-ortho nitro benzene ring substituents is 1. The first-order valence-corrected chi connectivity index (χ1v) is 10.1. The van der Waals surface area contributed by atoms with E-state index in [2.05, 4.69) is 11.1 Å². The Morgan fingerprint density at radius 1 is 1.23 bits per heavy atom. The molecule has 0 radical (unpaired) electrons. The topological polar surface area (TPSA) is 93.0 Å². The highest BCUT2D eigenvalue weighted by Crippen LogP contribution is 2.33. The van der Waals surface area contributed by atoms with Gasteiger partial charge in [-0.25, -0.2) is 9.37 Å². The number of nitrogens with zero attached hydrogens (tertiary/aromatic N) is 3. The molecule has 4 rings (SSSR count). The normalized spacial score (nSPS) is 11.3. The summed E-state index contributed by atoms with van der Waals surface area (Å²) in [5, 5.41) is 22.9. The predicted molar refractivity (Wildman–Crippen MR) is 117 cm³/mol.